The molecule has 0 aliphatic heterocycles. The van der Waals surface area contributed by atoms with Crippen LogP contribution in [0.4, 0.5) is 0 Å². The summed E-state index contributed by atoms with van der Waals surface area (Å²) in [5.41, 5.74) is 5.34. The Labute approximate surface area is 88.1 Å². The molecule has 0 aliphatic carbocycles. The van der Waals surface area contributed by atoms with Gasteiger partial charge in [0.25, 0.3) is 5.56 Å². The van der Waals surface area contributed by atoms with Crippen LogP contribution in [0.3, 0.4) is 0 Å². The minimum Gasteiger partial charge on any atom is -0.480 e. The van der Waals surface area contributed by atoms with Gasteiger partial charge in [0, 0.05) is 22.7 Å². The van der Waals surface area contributed by atoms with Gasteiger partial charge in [-0.2, -0.15) is 0 Å². The first-order valence-corrected chi connectivity index (χ1v) is 4.65. The summed E-state index contributed by atoms with van der Waals surface area (Å²) in [6, 6.07) is 0.507. The lowest BCUT2D eigenvalue weighted by Crippen LogP contribution is -2.34. The van der Waals surface area contributed by atoms with E-state index in [2.05, 4.69) is 20.9 Å². The fourth-order valence-corrected chi connectivity index (χ4v) is 1.37. The lowest BCUT2D eigenvalue weighted by atomic mass is 10.1. The molecule has 0 fully saturated rings. The van der Waals surface area contributed by atoms with Gasteiger partial charge < -0.3 is 15.8 Å². The van der Waals surface area contributed by atoms with E-state index in [-0.39, 0.29) is 12.0 Å². The Morgan fingerprint density at radius 3 is 2.93 bits per heavy atom. The van der Waals surface area contributed by atoms with E-state index in [1.54, 1.807) is 6.07 Å². The third kappa shape index (κ3) is 2.68. The molecule has 0 spiro atoms. The standard InChI is InChI=1S/C8H9BrN2O3/c9-5-1-4(7(12)11-3-5)2-6(10)8(13)14/h1,3,6H,2,10H2,(H,11,12)(H,13,14). The Kier molecular flexibility index (Phi) is 3.43. The number of halogens is 1. The molecule has 1 unspecified atom stereocenters. The van der Waals surface area contributed by atoms with E-state index >= 15 is 0 Å². The molecule has 76 valence electrons. The summed E-state index contributed by atoms with van der Waals surface area (Å²) in [6.07, 6.45) is 1.50. The summed E-state index contributed by atoms with van der Waals surface area (Å²) in [7, 11) is 0. The van der Waals surface area contributed by atoms with E-state index in [1.807, 2.05) is 0 Å². The molecule has 0 aromatic carbocycles. The summed E-state index contributed by atoms with van der Waals surface area (Å²) >= 11 is 3.16. The van der Waals surface area contributed by atoms with Gasteiger partial charge in [-0.3, -0.25) is 9.59 Å². The summed E-state index contributed by atoms with van der Waals surface area (Å²) in [5.74, 6) is -1.12. The molecule has 1 aromatic heterocycles. The fraction of sp³-hybridized carbons (Fsp3) is 0.250. The maximum atomic E-state index is 11.2. The topological polar surface area (TPSA) is 96.2 Å². The molecule has 0 amide bonds. The molecule has 4 N–H and O–H groups in total. The van der Waals surface area contributed by atoms with Crippen molar-refractivity contribution in [1.82, 2.24) is 4.98 Å². The van der Waals surface area contributed by atoms with E-state index in [9.17, 15) is 9.59 Å². The van der Waals surface area contributed by atoms with Crippen LogP contribution in [-0.4, -0.2) is 22.1 Å². The predicted molar refractivity (Wildman–Crippen MR) is 54.1 cm³/mol. The molecule has 1 atom stereocenters. The zero-order chi connectivity index (χ0) is 10.7. The molecule has 14 heavy (non-hydrogen) atoms. The van der Waals surface area contributed by atoms with Gasteiger partial charge in [-0.1, -0.05) is 0 Å². The van der Waals surface area contributed by atoms with Gasteiger partial charge in [-0.25, -0.2) is 0 Å². The highest BCUT2D eigenvalue weighted by Gasteiger charge is 2.14. The summed E-state index contributed by atoms with van der Waals surface area (Å²) in [6.45, 7) is 0. The highest BCUT2D eigenvalue weighted by Crippen LogP contribution is 2.07. The number of hydrogen-bond acceptors (Lipinski definition) is 3. The van der Waals surface area contributed by atoms with E-state index < -0.39 is 12.0 Å². The number of aromatic nitrogens is 1. The van der Waals surface area contributed by atoms with Crippen LogP contribution in [0, 0.1) is 0 Å². The van der Waals surface area contributed by atoms with Crippen LogP contribution >= 0.6 is 15.9 Å². The smallest absolute Gasteiger partial charge is 0.320 e. The van der Waals surface area contributed by atoms with E-state index in [0.717, 1.165) is 0 Å². The Bertz CT molecular complexity index is 402. The number of rotatable bonds is 3. The normalized spacial score (nSPS) is 12.4. The summed E-state index contributed by atoms with van der Waals surface area (Å²) in [4.78, 5) is 24.1. The summed E-state index contributed by atoms with van der Waals surface area (Å²) < 4.78 is 0.685. The number of pyridine rings is 1. The maximum absolute atomic E-state index is 11.2. The quantitative estimate of drug-likeness (QED) is 0.718. The number of hydrogen-bond donors (Lipinski definition) is 3. The van der Waals surface area contributed by atoms with E-state index in [0.29, 0.717) is 10.0 Å². The molecule has 0 radical (unpaired) electrons. The van der Waals surface area contributed by atoms with Gasteiger partial charge in [-0.05, 0) is 22.0 Å². The Balaban J connectivity index is 2.91. The molecule has 5 nitrogen and oxygen atoms in total. The molecule has 0 bridgehead atoms. The molecule has 0 saturated carbocycles. The molecule has 1 aromatic rings. The molecule has 6 heteroatoms. The van der Waals surface area contributed by atoms with Crippen molar-refractivity contribution in [1.29, 1.82) is 0 Å². The number of carboxylic acid groups (broad SMARTS) is 1. The summed E-state index contributed by atoms with van der Waals surface area (Å²) in [5, 5.41) is 8.55. The monoisotopic (exact) mass is 260 g/mol. The highest BCUT2D eigenvalue weighted by atomic mass is 79.9. The van der Waals surface area contributed by atoms with Crippen molar-refractivity contribution in [2.45, 2.75) is 12.5 Å². The lowest BCUT2D eigenvalue weighted by molar-refractivity contribution is -0.138. The first-order valence-electron chi connectivity index (χ1n) is 3.86. The SMILES string of the molecule is NC(Cc1cc(Br)c[nH]c1=O)C(=O)O. The first kappa shape index (κ1) is 10.9. The predicted octanol–water partition coefficient (Wildman–Crippen LogP) is 0.0918. The van der Waals surface area contributed by atoms with Gasteiger partial charge in [-0.15, -0.1) is 0 Å². The molecular formula is C8H9BrN2O3. The number of H-pyrrole nitrogens is 1. The highest BCUT2D eigenvalue weighted by molar-refractivity contribution is 9.10. The van der Waals surface area contributed by atoms with Crippen LogP contribution < -0.4 is 11.3 Å². The molecule has 0 aliphatic rings. The number of carbonyl (C=O) groups is 1. The van der Waals surface area contributed by atoms with Crippen LogP contribution in [-0.2, 0) is 11.2 Å². The fourth-order valence-electron chi connectivity index (χ4n) is 0.977. The maximum Gasteiger partial charge on any atom is 0.320 e. The molecular weight excluding hydrogens is 252 g/mol. The van der Waals surface area contributed by atoms with Crippen LogP contribution in [0.5, 0.6) is 0 Å². The Hall–Kier alpha value is -1.14. The number of carboxylic acids is 1. The average Bonchev–Trinajstić information content (AvgIpc) is 2.11. The van der Waals surface area contributed by atoms with Crippen LogP contribution in [0.25, 0.3) is 0 Å². The van der Waals surface area contributed by atoms with Gasteiger partial charge in [0.1, 0.15) is 6.04 Å². The minimum absolute atomic E-state index is 0.0180. The number of aromatic amines is 1. The minimum atomic E-state index is -1.12. The van der Waals surface area contributed by atoms with Crippen LogP contribution in [0.2, 0.25) is 0 Å². The van der Waals surface area contributed by atoms with Gasteiger partial charge in [0.05, 0.1) is 0 Å². The van der Waals surface area contributed by atoms with Crippen molar-refractivity contribution in [3.63, 3.8) is 0 Å². The van der Waals surface area contributed by atoms with Crippen LogP contribution in [0.1, 0.15) is 5.56 Å². The van der Waals surface area contributed by atoms with Crippen molar-refractivity contribution in [2.75, 3.05) is 0 Å². The van der Waals surface area contributed by atoms with Gasteiger partial charge in [0.15, 0.2) is 0 Å². The molecule has 1 heterocycles. The largest absolute Gasteiger partial charge is 0.480 e. The van der Waals surface area contributed by atoms with Crippen LogP contribution in [0.15, 0.2) is 21.5 Å². The zero-order valence-electron chi connectivity index (χ0n) is 7.16. The lowest BCUT2D eigenvalue weighted by Gasteiger charge is -2.05. The van der Waals surface area contributed by atoms with Gasteiger partial charge in [0.2, 0.25) is 0 Å². The molecule has 0 saturated heterocycles. The zero-order valence-corrected chi connectivity index (χ0v) is 8.74. The molecule has 1 rings (SSSR count). The van der Waals surface area contributed by atoms with Crippen molar-refractivity contribution < 1.29 is 9.90 Å². The third-order valence-electron chi connectivity index (χ3n) is 1.70. The third-order valence-corrected chi connectivity index (χ3v) is 2.16. The van der Waals surface area contributed by atoms with Gasteiger partial charge >= 0.3 is 5.97 Å². The number of nitrogens with one attached hydrogen (secondary N) is 1. The number of aliphatic carboxylic acids is 1. The van der Waals surface area contributed by atoms with Crippen molar-refractivity contribution >= 4 is 21.9 Å². The average molecular weight is 261 g/mol. The van der Waals surface area contributed by atoms with Crippen molar-refractivity contribution in [2.24, 2.45) is 5.73 Å². The second-order valence-electron chi connectivity index (χ2n) is 2.82. The van der Waals surface area contributed by atoms with E-state index in [1.165, 1.54) is 6.20 Å². The van der Waals surface area contributed by atoms with Crippen molar-refractivity contribution in [3.05, 3.63) is 32.7 Å². The van der Waals surface area contributed by atoms with Crippen molar-refractivity contribution in [3.8, 4) is 0 Å². The number of nitrogens with two attached hydrogens (primary N) is 1. The Morgan fingerprint density at radius 2 is 2.36 bits per heavy atom. The Morgan fingerprint density at radius 1 is 1.71 bits per heavy atom. The van der Waals surface area contributed by atoms with E-state index in [4.69, 9.17) is 10.8 Å². The second kappa shape index (κ2) is 4.39. The second-order valence-corrected chi connectivity index (χ2v) is 3.74. The first-order chi connectivity index (χ1) is 6.50.